The number of aromatic nitrogens is 2. The Bertz CT molecular complexity index is 485. The van der Waals surface area contributed by atoms with Gasteiger partial charge in [0.25, 0.3) is 0 Å². The molecule has 1 heterocycles. The van der Waals surface area contributed by atoms with Crippen LogP contribution in [0.15, 0.2) is 36.7 Å². The SMILES string of the molecule is CCCNC(c1ccc(C)cc1)c1cnn(C)c1. The predicted molar refractivity (Wildman–Crippen MR) is 74.5 cm³/mol. The van der Waals surface area contributed by atoms with E-state index >= 15 is 0 Å². The van der Waals surface area contributed by atoms with E-state index in [1.807, 2.05) is 17.9 Å². The molecule has 3 nitrogen and oxygen atoms in total. The molecule has 0 aliphatic rings. The van der Waals surface area contributed by atoms with Crippen molar-refractivity contribution >= 4 is 0 Å². The summed E-state index contributed by atoms with van der Waals surface area (Å²) in [6.45, 7) is 5.30. The second-order valence-corrected chi connectivity index (χ2v) is 4.75. The number of hydrogen-bond acceptors (Lipinski definition) is 2. The molecule has 0 aliphatic carbocycles. The van der Waals surface area contributed by atoms with Crippen LogP contribution in [0.5, 0.6) is 0 Å². The maximum Gasteiger partial charge on any atom is 0.0607 e. The Morgan fingerprint density at radius 1 is 1.22 bits per heavy atom. The van der Waals surface area contributed by atoms with Crippen LogP contribution in [0.4, 0.5) is 0 Å². The van der Waals surface area contributed by atoms with Crippen molar-refractivity contribution in [3.8, 4) is 0 Å². The van der Waals surface area contributed by atoms with Crippen LogP contribution in [-0.4, -0.2) is 16.3 Å². The lowest BCUT2D eigenvalue weighted by Crippen LogP contribution is -2.22. The van der Waals surface area contributed by atoms with Crippen molar-refractivity contribution in [2.75, 3.05) is 6.54 Å². The summed E-state index contributed by atoms with van der Waals surface area (Å²) in [6.07, 6.45) is 5.14. The summed E-state index contributed by atoms with van der Waals surface area (Å²) in [7, 11) is 1.95. The van der Waals surface area contributed by atoms with Crippen molar-refractivity contribution in [3.05, 3.63) is 53.3 Å². The second kappa shape index (κ2) is 5.83. The Morgan fingerprint density at radius 3 is 2.50 bits per heavy atom. The van der Waals surface area contributed by atoms with Gasteiger partial charge in [0.15, 0.2) is 0 Å². The average molecular weight is 243 g/mol. The Kier molecular flexibility index (Phi) is 4.15. The Balaban J connectivity index is 2.27. The molecular weight excluding hydrogens is 222 g/mol. The van der Waals surface area contributed by atoms with Gasteiger partial charge in [-0.1, -0.05) is 36.8 Å². The summed E-state index contributed by atoms with van der Waals surface area (Å²) in [6, 6.07) is 8.93. The van der Waals surface area contributed by atoms with E-state index in [-0.39, 0.29) is 6.04 Å². The van der Waals surface area contributed by atoms with Crippen LogP contribution in [0.3, 0.4) is 0 Å². The number of rotatable bonds is 5. The van der Waals surface area contributed by atoms with E-state index in [0.29, 0.717) is 0 Å². The van der Waals surface area contributed by atoms with Crippen LogP contribution in [-0.2, 0) is 7.05 Å². The fourth-order valence-corrected chi connectivity index (χ4v) is 2.06. The highest BCUT2D eigenvalue weighted by Crippen LogP contribution is 2.21. The van der Waals surface area contributed by atoms with Crippen molar-refractivity contribution in [2.24, 2.45) is 7.05 Å². The Morgan fingerprint density at radius 2 is 1.94 bits per heavy atom. The number of nitrogens with one attached hydrogen (secondary N) is 1. The zero-order chi connectivity index (χ0) is 13.0. The van der Waals surface area contributed by atoms with E-state index in [0.717, 1.165) is 13.0 Å². The lowest BCUT2D eigenvalue weighted by atomic mass is 10.0. The summed E-state index contributed by atoms with van der Waals surface area (Å²) >= 11 is 0. The largest absolute Gasteiger partial charge is 0.306 e. The molecule has 18 heavy (non-hydrogen) atoms. The molecule has 0 aliphatic heterocycles. The van der Waals surface area contributed by atoms with Crippen LogP contribution < -0.4 is 5.32 Å². The fraction of sp³-hybridized carbons (Fsp3) is 0.400. The zero-order valence-electron chi connectivity index (χ0n) is 11.4. The van der Waals surface area contributed by atoms with Gasteiger partial charge < -0.3 is 5.32 Å². The summed E-state index contributed by atoms with van der Waals surface area (Å²) in [4.78, 5) is 0. The van der Waals surface area contributed by atoms with Crippen LogP contribution >= 0.6 is 0 Å². The van der Waals surface area contributed by atoms with Gasteiger partial charge in [-0.15, -0.1) is 0 Å². The third-order valence-corrected chi connectivity index (χ3v) is 3.07. The fourth-order valence-electron chi connectivity index (χ4n) is 2.06. The van der Waals surface area contributed by atoms with Crippen LogP contribution in [0, 0.1) is 6.92 Å². The summed E-state index contributed by atoms with van der Waals surface area (Å²) in [5, 5.41) is 7.85. The Hall–Kier alpha value is -1.61. The van der Waals surface area contributed by atoms with Crippen molar-refractivity contribution in [2.45, 2.75) is 26.3 Å². The van der Waals surface area contributed by atoms with Gasteiger partial charge in [-0.2, -0.15) is 5.10 Å². The molecule has 0 saturated heterocycles. The highest BCUT2D eigenvalue weighted by molar-refractivity contribution is 5.31. The van der Waals surface area contributed by atoms with Crippen molar-refractivity contribution < 1.29 is 0 Å². The van der Waals surface area contributed by atoms with E-state index in [2.05, 4.69) is 54.7 Å². The minimum atomic E-state index is 0.235. The molecule has 0 spiro atoms. The van der Waals surface area contributed by atoms with E-state index in [1.54, 1.807) is 0 Å². The standard InChI is InChI=1S/C15H21N3/c1-4-9-16-15(14-10-17-18(3)11-14)13-7-5-12(2)6-8-13/h5-8,10-11,15-16H,4,9H2,1-3H3. The second-order valence-electron chi connectivity index (χ2n) is 4.75. The molecule has 1 aromatic heterocycles. The van der Waals surface area contributed by atoms with Crippen molar-refractivity contribution in [3.63, 3.8) is 0 Å². The summed E-state index contributed by atoms with van der Waals surface area (Å²) in [5.74, 6) is 0. The highest BCUT2D eigenvalue weighted by atomic mass is 15.2. The number of benzene rings is 1. The molecule has 2 rings (SSSR count). The molecule has 0 amide bonds. The third kappa shape index (κ3) is 2.99. The van der Waals surface area contributed by atoms with Gasteiger partial charge in [-0.25, -0.2) is 0 Å². The molecule has 0 bridgehead atoms. The normalized spacial score (nSPS) is 12.6. The monoisotopic (exact) mass is 243 g/mol. The van der Waals surface area contributed by atoms with E-state index in [4.69, 9.17) is 0 Å². The number of nitrogens with zero attached hydrogens (tertiary/aromatic N) is 2. The van der Waals surface area contributed by atoms with Crippen LogP contribution in [0.25, 0.3) is 0 Å². The first-order chi connectivity index (χ1) is 8.70. The van der Waals surface area contributed by atoms with Crippen LogP contribution in [0.1, 0.15) is 36.1 Å². The molecular formula is C15H21N3. The number of aryl methyl sites for hydroxylation is 2. The average Bonchev–Trinajstić information content (AvgIpc) is 2.78. The van der Waals surface area contributed by atoms with Gasteiger partial charge in [0.05, 0.1) is 12.2 Å². The van der Waals surface area contributed by atoms with Gasteiger partial charge in [-0.05, 0) is 25.5 Å². The van der Waals surface area contributed by atoms with Gasteiger partial charge in [0.2, 0.25) is 0 Å². The van der Waals surface area contributed by atoms with Gasteiger partial charge >= 0.3 is 0 Å². The molecule has 0 fully saturated rings. The van der Waals surface area contributed by atoms with Crippen LogP contribution in [0.2, 0.25) is 0 Å². The summed E-state index contributed by atoms with van der Waals surface area (Å²) in [5.41, 5.74) is 3.80. The number of hydrogen-bond donors (Lipinski definition) is 1. The topological polar surface area (TPSA) is 29.9 Å². The predicted octanol–water partition coefficient (Wildman–Crippen LogP) is 2.82. The van der Waals surface area contributed by atoms with E-state index < -0.39 is 0 Å². The zero-order valence-corrected chi connectivity index (χ0v) is 11.4. The summed E-state index contributed by atoms with van der Waals surface area (Å²) < 4.78 is 1.85. The van der Waals surface area contributed by atoms with Crippen molar-refractivity contribution in [1.29, 1.82) is 0 Å². The first kappa shape index (κ1) is 12.8. The van der Waals surface area contributed by atoms with Crippen molar-refractivity contribution in [1.82, 2.24) is 15.1 Å². The third-order valence-electron chi connectivity index (χ3n) is 3.07. The first-order valence-corrected chi connectivity index (χ1v) is 6.49. The highest BCUT2D eigenvalue weighted by Gasteiger charge is 2.14. The molecule has 1 unspecified atom stereocenters. The Labute approximate surface area is 109 Å². The molecule has 1 aromatic carbocycles. The lowest BCUT2D eigenvalue weighted by Gasteiger charge is -2.17. The maximum absolute atomic E-state index is 4.27. The minimum absolute atomic E-state index is 0.235. The quantitative estimate of drug-likeness (QED) is 0.875. The van der Waals surface area contributed by atoms with Gasteiger partial charge in [-0.3, -0.25) is 4.68 Å². The molecule has 2 aromatic rings. The molecule has 3 heteroatoms. The van der Waals surface area contributed by atoms with E-state index in [9.17, 15) is 0 Å². The molecule has 1 atom stereocenters. The van der Waals surface area contributed by atoms with Gasteiger partial charge in [0, 0.05) is 18.8 Å². The van der Waals surface area contributed by atoms with Gasteiger partial charge in [0.1, 0.15) is 0 Å². The lowest BCUT2D eigenvalue weighted by molar-refractivity contribution is 0.598. The molecule has 1 N–H and O–H groups in total. The van der Waals surface area contributed by atoms with E-state index in [1.165, 1.54) is 16.7 Å². The molecule has 96 valence electrons. The molecule has 0 saturated carbocycles. The molecule has 0 radical (unpaired) electrons. The maximum atomic E-state index is 4.27. The first-order valence-electron chi connectivity index (χ1n) is 6.49. The smallest absolute Gasteiger partial charge is 0.0607 e. The minimum Gasteiger partial charge on any atom is -0.306 e.